The van der Waals surface area contributed by atoms with Gasteiger partial charge in [-0.15, -0.1) is 0 Å². The fourth-order valence-electron chi connectivity index (χ4n) is 3.49. The molecule has 27 heavy (non-hydrogen) atoms. The minimum absolute atomic E-state index is 0.173. The summed E-state index contributed by atoms with van der Waals surface area (Å²) in [7, 11) is 0. The minimum atomic E-state index is -0.921. The van der Waals surface area contributed by atoms with E-state index in [9.17, 15) is 9.59 Å². The molecule has 4 heteroatoms. The van der Waals surface area contributed by atoms with Gasteiger partial charge in [0.15, 0.2) is 0 Å². The quantitative estimate of drug-likeness (QED) is 0.725. The Morgan fingerprint density at radius 1 is 0.963 bits per heavy atom. The zero-order valence-corrected chi connectivity index (χ0v) is 16.4. The van der Waals surface area contributed by atoms with Gasteiger partial charge in [-0.2, -0.15) is 0 Å². The summed E-state index contributed by atoms with van der Waals surface area (Å²) >= 11 is 0. The van der Waals surface area contributed by atoms with Crippen LogP contribution in [0.4, 0.5) is 5.69 Å². The van der Waals surface area contributed by atoms with Gasteiger partial charge >= 0.3 is 0 Å². The second-order valence-electron chi connectivity index (χ2n) is 7.37. The van der Waals surface area contributed by atoms with E-state index in [0.717, 1.165) is 40.8 Å². The van der Waals surface area contributed by atoms with Crippen LogP contribution in [0.2, 0.25) is 0 Å². The van der Waals surface area contributed by atoms with Crippen molar-refractivity contribution in [1.82, 2.24) is 5.32 Å². The highest BCUT2D eigenvalue weighted by Crippen LogP contribution is 2.47. The van der Waals surface area contributed by atoms with Crippen molar-refractivity contribution in [2.24, 2.45) is 5.41 Å². The highest BCUT2D eigenvalue weighted by Gasteiger charge is 2.56. The van der Waals surface area contributed by atoms with Gasteiger partial charge < -0.3 is 10.6 Å². The molecule has 4 nitrogen and oxygen atoms in total. The molecule has 0 atom stereocenters. The number of aryl methyl sites for hydroxylation is 3. The molecule has 0 unspecified atom stereocenters. The fourth-order valence-corrected chi connectivity index (χ4v) is 3.49. The van der Waals surface area contributed by atoms with E-state index in [1.807, 2.05) is 49.4 Å². The summed E-state index contributed by atoms with van der Waals surface area (Å²) in [4.78, 5) is 25.7. The van der Waals surface area contributed by atoms with E-state index in [0.29, 0.717) is 19.4 Å². The molecule has 3 rings (SSSR count). The van der Waals surface area contributed by atoms with E-state index in [1.165, 1.54) is 0 Å². The first-order valence-corrected chi connectivity index (χ1v) is 9.76. The maximum absolute atomic E-state index is 13.0. The minimum Gasteiger partial charge on any atom is -0.351 e. The first-order valence-electron chi connectivity index (χ1n) is 9.76. The van der Waals surface area contributed by atoms with E-state index in [-0.39, 0.29) is 11.8 Å². The SMILES string of the molecule is CCc1cccc(CC)c1NC(=O)C1(C(=O)NCc2cccc(C)c2)CC1. The predicted molar refractivity (Wildman–Crippen MR) is 109 cm³/mol. The second-order valence-corrected chi connectivity index (χ2v) is 7.37. The van der Waals surface area contributed by atoms with Crippen molar-refractivity contribution in [2.75, 3.05) is 5.32 Å². The van der Waals surface area contributed by atoms with Gasteiger partial charge in [0.05, 0.1) is 0 Å². The van der Waals surface area contributed by atoms with E-state index in [4.69, 9.17) is 0 Å². The molecule has 0 aromatic heterocycles. The number of benzene rings is 2. The topological polar surface area (TPSA) is 58.2 Å². The lowest BCUT2D eigenvalue weighted by Crippen LogP contribution is -2.40. The Kier molecular flexibility index (Phi) is 5.64. The largest absolute Gasteiger partial charge is 0.351 e. The number of carbonyl (C=O) groups is 2. The number of carbonyl (C=O) groups excluding carboxylic acids is 2. The van der Waals surface area contributed by atoms with Crippen molar-refractivity contribution in [3.8, 4) is 0 Å². The molecule has 2 amide bonds. The fraction of sp³-hybridized carbons (Fsp3) is 0.391. The maximum Gasteiger partial charge on any atom is 0.240 e. The summed E-state index contributed by atoms with van der Waals surface area (Å²) in [6.07, 6.45) is 2.90. The van der Waals surface area contributed by atoms with Gasteiger partial charge in [0.25, 0.3) is 0 Å². The average Bonchev–Trinajstić information content (AvgIpc) is 3.48. The van der Waals surface area contributed by atoms with Gasteiger partial charge in [0.1, 0.15) is 5.41 Å². The van der Waals surface area contributed by atoms with Gasteiger partial charge in [-0.1, -0.05) is 61.9 Å². The van der Waals surface area contributed by atoms with Crippen LogP contribution in [0, 0.1) is 12.3 Å². The Labute approximate surface area is 161 Å². The lowest BCUT2D eigenvalue weighted by Gasteiger charge is -2.19. The van der Waals surface area contributed by atoms with Crippen LogP contribution in [0.25, 0.3) is 0 Å². The summed E-state index contributed by atoms with van der Waals surface area (Å²) in [6.45, 7) is 6.62. The lowest BCUT2D eigenvalue weighted by atomic mass is 10.0. The molecule has 1 aliphatic rings. The molecule has 2 N–H and O–H groups in total. The number of hydrogen-bond donors (Lipinski definition) is 2. The smallest absolute Gasteiger partial charge is 0.240 e. The number of para-hydroxylation sites is 1. The lowest BCUT2D eigenvalue weighted by molar-refractivity contribution is -0.134. The normalized spacial score (nSPS) is 14.5. The summed E-state index contributed by atoms with van der Waals surface area (Å²) in [5, 5.41) is 6.03. The summed E-state index contributed by atoms with van der Waals surface area (Å²) in [6, 6.07) is 14.1. The summed E-state index contributed by atoms with van der Waals surface area (Å²) in [5.41, 5.74) is 4.38. The summed E-state index contributed by atoms with van der Waals surface area (Å²) < 4.78 is 0. The molecule has 0 bridgehead atoms. The predicted octanol–water partition coefficient (Wildman–Crippen LogP) is 4.15. The Morgan fingerprint density at radius 2 is 1.59 bits per heavy atom. The zero-order chi connectivity index (χ0) is 19.4. The number of rotatable bonds is 7. The van der Waals surface area contributed by atoms with Crippen LogP contribution in [0.1, 0.15) is 48.9 Å². The van der Waals surface area contributed by atoms with Gasteiger partial charge in [0, 0.05) is 12.2 Å². The molecular formula is C23H28N2O2. The first kappa shape index (κ1) is 19.2. The third kappa shape index (κ3) is 4.05. The molecule has 0 spiro atoms. The van der Waals surface area contributed by atoms with Gasteiger partial charge in [-0.25, -0.2) is 0 Å². The van der Waals surface area contributed by atoms with Crippen LogP contribution in [-0.4, -0.2) is 11.8 Å². The molecule has 0 aliphatic heterocycles. The van der Waals surface area contributed by atoms with E-state index in [1.54, 1.807) is 0 Å². The molecule has 1 fully saturated rings. The molecule has 1 saturated carbocycles. The van der Waals surface area contributed by atoms with Crippen LogP contribution >= 0.6 is 0 Å². The highest BCUT2D eigenvalue weighted by molar-refractivity contribution is 6.13. The standard InChI is InChI=1S/C23H28N2O2/c1-4-18-10-7-11-19(5-2)20(18)25-22(27)23(12-13-23)21(26)24-15-17-9-6-8-16(3)14-17/h6-11,14H,4-5,12-13,15H2,1-3H3,(H,24,26)(H,25,27). The van der Waals surface area contributed by atoms with Crippen LogP contribution in [0.5, 0.6) is 0 Å². The molecule has 2 aromatic carbocycles. The second kappa shape index (κ2) is 7.95. The van der Waals surface area contributed by atoms with Crippen LogP contribution in [0.15, 0.2) is 42.5 Å². The maximum atomic E-state index is 13.0. The molecule has 0 saturated heterocycles. The van der Waals surface area contributed by atoms with Crippen molar-refractivity contribution < 1.29 is 9.59 Å². The molecule has 0 radical (unpaired) electrons. The average molecular weight is 364 g/mol. The Morgan fingerprint density at radius 3 is 2.15 bits per heavy atom. The third-order valence-corrected chi connectivity index (χ3v) is 5.39. The number of hydrogen-bond acceptors (Lipinski definition) is 2. The number of nitrogens with one attached hydrogen (secondary N) is 2. The van der Waals surface area contributed by atoms with Gasteiger partial charge in [-0.05, 0) is 49.3 Å². The molecule has 1 aliphatic carbocycles. The third-order valence-electron chi connectivity index (χ3n) is 5.39. The molecule has 142 valence electrons. The molecule has 0 heterocycles. The number of amides is 2. The van der Waals surface area contributed by atoms with Crippen molar-refractivity contribution >= 4 is 17.5 Å². The van der Waals surface area contributed by atoms with E-state index >= 15 is 0 Å². The van der Waals surface area contributed by atoms with Crippen molar-refractivity contribution in [2.45, 2.75) is 53.0 Å². The first-order chi connectivity index (χ1) is 13.0. The van der Waals surface area contributed by atoms with Crippen molar-refractivity contribution in [3.05, 3.63) is 64.7 Å². The monoisotopic (exact) mass is 364 g/mol. The van der Waals surface area contributed by atoms with Crippen molar-refractivity contribution in [3.63, 3.8) is 0 Å². The highest BCUT2D eigenvalue weighted by atomic mass is 16.2. The van der Waals surface area contributed by atoms with E-state index in [2.05, 4.69) is 24.5 Å². The van der Waals surface area contributed by atoms with Crippen LogP contribution in [-0.2, 0) is 29.0 Å². The van der Waals surface area contributed by atoms with Crippen LogP contribution < -0.4 is 10.6 Å². The Bertz CT molecular complexity index is 831. The summed E-state index contributed by atoms with van der Waals surface area (Å²) in [5.74, 6) is -0.353. The van der Waals surface area contributed by atoms with E-state index < -0.39 is 5.41 Å². The number of anilines is 1. The zero-order valence-electron chi connectivity index (χ0n) is 16.4. The molecular weight excluding hydrogens is 336 g/mol. The van der Waals surface area contributed by atoms with Crippen molar-refractivity contribution in [1.29, 1.82) is 0 Å². The van der Waals surface area contributed by atoms with Crippen LogP contribution in [0.3, 0.4) is 0 Å². The van der Waals surface area contributed by atoms with Gasteiger partial charge in [-0.3, -0.25) is 9.59 Å². The molecule has 2 aromatic rings. The Hall–Kier alpha value is -2.62. The Balaban J connectivity index is 1.70. The van der Waals surface area contributed by atoms with Gasteiger partial charge in [0.2, 0.25) is 11.8 Å².